The lowest BCUT2D eigenvalue weighted by Gasteiger charge is -2.42. The highest BCUT2D eigenvalue weighted by Crippen LogP contribution is 2.47. The summed E-state index contributed by atoms with van der Waals surface area (Å²) in [6.07, 6.45) is -8.25. The summed E-state index contributed by atoms with van der Waals surface area (Å²) in [4.78, 5) is 28.8. The Morgan fingerprint density at radius 3 is 2.12 bits per heavy atom. The number of fused-ring (bicyclic) bond motifs is 1. The number of carbonyl (C=O) groups excluding carboxylic acids is 1. The first-order chi connectivity index (χ1) is 22.8. The molecule has 7 nitrogen and oxygen atoms in total. The van der Waals surface area contributed by atoms with Crippen LogP contribution in [0.3, 0.4) is 0 Å². The van der Waals surface area contributed by atoms with Gasteiger partial charge in [0.2, 0.25) is 5.91 Å². The molecule has 2 fully saturated rings. The van der Waals surface area contributed by atoms with Gasteiger partial charge in [0, 0.05) is 18.5 Å². The third-order valence-corrected chi connectivity index (χ3v) is 9.42. The van der Waals surface area contributed by atoms with Gasteiger partial charge in [0.1, 0.15) is 23.8 Å². The fourth-order valence-corrected chi connectivity index (χ4v) is 6.77. The number of aliphatic carboxylic acids is 1. The van der Waals surface area contributed by atoms with Gasteiger partial charge in [-0.05, 0) is 79.8 Å². The molecule has 3 aromatic rings. The average molecular weight is 680 g/mol. The third kappa shape index (κ3) is 8.23. The maximum absolute atomic E-state index is 14.3. The number of carboxylic acids is 1. The minimum absolute atomic E-state index is 0.315. The zero-order valence-corrected chi connectivity index (χ0v) is 26.4. The van der Waals surface area contributed by atoms with E-state index in [0.717, 1.165) is 41.0 Å². The van der Waals surface area contributed by atoms with Crippen LogP contribution in [0, 0.1) is 5.41 Å². The van der Waals surface area contributed by atoms with Gasteiger partial charge >= 0.3 is 18.3 Å². The number of amides is 1. The quantitative estimate of drug-likeness (QED) is 0.220. The van der Waals surface area contributed by atoms with E-state index in [1.165, 1.54) is 19.3 Å². The van der Waals surface area contributed by atoms with E-state index in [9.17, 15) is 41.0 Å². The Kier molecular flexibility index (Phi) is 10.9. The number of benzene rings is 3. The van der Waals surface area contributed by atoms with Gasteiger partial charge in [0.15, 0.2) is 0 Å². The van der Waals surface area contributed by atoms with E-state index >= 15 is 0 Å². The van der Waals surface area contributed by atoms with Crippen LogP contribution in [0.25, 0.3) is 21.9 Å². The summed E-state index contributed by atoms with van der Waals surface area (Å²) >= 11 is 0. The first-order valence-electron chi connectivity index (χ1n) is 16.1. The van der Waals surface area contributed by atoms with Crippen LogP contribution in [-0.2, 0) is 16.0 Å². The number of hydrogen-bond acceptors (Lipinski definition) is 5. The highest BCUT2D eigenvalue weighted by atomic mass is 19.4. The minimum atomic E-state index is -5.10. The van der Waals surface area contributed by atoms with E-state index in [-0.39, 0.29) is 6.42 Å². The van der Waals surface area contributed by atoms with Gasteiger partial charge in [-0.25, -0.2) is 4.79 Å². The molecule has 2 heterocycles. The van der Waals surface area contributed by atoms with Gasteiger partial charge < -0.3 is 15.2 Å². The number of carbonyl (C=O) groups is 2. The van der Waals surface area contributed by atoms with Crippen molar-refractivity contribution in [3.8, 4) is 16.9 Å². The van der Waals surface area contributed by atoms with Gasteiger partial charge in [0.05, 0.1) is 6.54 Å². The number of halogens is 6. The number of ether oxygens (including phenoxy) is 1. The van der Waals surface area contributed by atoms with Gasteiger partial charge in [-0.1, -0.05) is 61.0 Å². The Labute approximate surface area is 274 Å². The van der Waals surface area contributed by atoms with Crippen molar-refractivity contribution in [3.05, 3.63) is 66.2 Å². The van der Waals surface area contributed by atoms with Crippen LogP contribution in [0.4, 0.5) is 26.3 Å². The molecular formula is C35H39F6N3O4. The lowest BCUT2D eigenvalue weighted by molar-refractivity contribution is -0.236. The van der Waals surface area contributed by atoms with Gasteiger partial charge in [-0.2, -0.15) is 26.3 Å². The summed E-state index contributed by atoms with van der Waals surface area (Å²) in [6.45, 7) is 0.794. The number of alkyl halides is 6. The van der Waals surface area contributed by atoms with Crippen LogP contribution in [0.5, 0.6) is 5.75 Å². The van der Waals surface area contributed by atoms with Crippen molar-refractivity contribution >= 4 is 22.6 Å². The van der Waals surface area contributed by atoms with Gasteiger partial charge in [-0.3, -0.25) is 14.6 Å². The zero-order valence-electron chi connectivity index (χ0n) is 26.4. The molecule has 0 aliphatic carbocycles. The summed E-state index contributed by atoms with van der Waals surface area (Å²) < 4.78 is 87.8. The lowest BCUT2D eigenvalue weighted by atomic mass is 9.76. The Hall–Kier alpha value is -3.84. The summed E-state index contributed by atoms with van der Waals surface area (Å²) in [6, 6.07) is 16.6. The molecule has 1 atom stereocenters. The van der Waals surface area contributed by atoms with E-state index in [4.69, 9.17) is 4.74 Å². The predicted octanol–water partition coefficient (Wildman–Crippen LogP) is 6.69. The molecule has 2 aliphatic heterocycles. The normalized spacial score (nSPS) is 18.4. The van der Waals surface area contributed by atoms with Crippen molar-refractivity contribution in [1.29, 1.82) is 0 Å². The largest absolute Gasteiger partial charge is 0.492 e. The Balaban J connectivity index is 1.36. The maximum atomic E-state index is 14.3. The fourth-order valence-electron chi connectivity index (χ4n) is 6.77. The molecule has 0 aromatic heterocycles. The maximum Gasteiger partial charge on any atom is 0.403 e. The van der Waals surface area contributed by atoms with E-state index in [1.807, 2.05) is 36.4 Å². The standard InChI is InChI=1S/C35H39F6N3O4/c36-34(37,38)23-44-18-14-33(15-19-44,35(39,40)41)32(47)42-29(31(45)46)22-24-8-6-11-26-25(24)10-7-12-27(26)28-9-2-3-13-30(28)48-21-20-43-16-4-1-5-17-43/h2-3,6-13,29H,1,4-5,14-23H2,(H,42,47)(H,45,46)/t29-/m0/s1. The molecule has 2 aliphatic rings. The van der Waals surface area contributed by atoms with Crippen molar-refractivity contribution in [2.45, 2.75) is 56.9 Å². The molecule has 13 heteroatoms. The Morgan fingerprint density at radius 2 is 1.46 bits per heavy atom. The second-order valence-corrected chi connectivity index (χ2v) is 12.6. The summed E-state index contributed by atoms with van der Waals surface area (Å²) in [7, 11) is 0. The summed E-state index contributed by atoms with van der Waals surface area (Å²) in [5, 5.41) is 13.5. The molecule has 5 rings (SSSR count). The smallest absolute Gasteiger partial charge is 0.403 e. The third-order valence-electron chi connectivity index (χ3n) is 9.42. The van der Waals surface area contributed by atoms with E-state index < -0.39 is 68.2 Å². The van der Waals surface area contributed by atoms with Crippen molar-refractivity contribution in [2.75, 3.05) is 45.9 Å². The van der Waals surface area contributed by atoms with Crippen LogP contribution in [0.15, 0.2) is 60.7 Å². The molecule has 3 aromatic carbocycles. The number of piperidine rings is 2. The number of hydrogen-bond donors (Lipinski definition) is 2. The molecule has 0 radical (unpaired) electrons. The monoisotopic (exact) mass is 679 g/mol. The number of para-hydroxylation sites is 1. The van der Waals surface area contributed by atoms with Crippen LogP contribution in [0.1, 0.15) is 37.7 Å². The molecule has 2 saturated heterocycles. The predicted molar refractivity (Wildman–Crippen MR) is 169 cm³/mol. The fraction of sp³-hybridized carbons (Fsp3) is 0.486. The van der Waals surface area contributed by atoms with E-state index in [0.29, 0.717) is 23.3 Å². The Bertz CT molecular complexity index is 1580. The highest BCUT2D eigenvalue weighted by molar-refractivity contribution is 6.00. The van der Waals surface area contributed by atoms with Crippen LogP contribution < -0.4 is 10.1 Å². The van der Waals surface area contributed by atoms with Gasteiger partial charge in [0.25, 0.3) is 0 Å². The van der Waals surface area contributed by atoms with Crippen molar-refractivity contribution in [1.82, 2.24) is 15.1 Å². The average Bonchev–Trinajstić information content (AvgIpc) is 3.04. The van der Waals surface area contributed by atoms with E-state index in [2.05, 4.69) is 10.2 Å². The zero-order chi connectivity index (χ0) is 34.5. The first kappa shape index (κ1) is 35.5. The SMILES string of the molecule is O=C(O)[C@H](Cc1cccc2c(-c3ccccc3OCCN3CCCCC3)cccc12)NC(=O)C1(C(F)(F)F)CCN(CC(F)(F)F)CC1. The number of nitrogens with zero attached hydrogens (tertiary/aromatic N) is 2. The van der Waals surface area contributed by atoms with Crippen LogP contribution in [-0.4, -0.2) is 91.1 Å². The number of nitrogens with one attached hydrogen (secondary N) is 1. The summed E-state index contributed by atoms with van der Waals surface area (Å²) in [5.74, 6) is -2.40. The lowest BCUT2D eigenvalue weighted by Crippen LogP contribution is -2.59. The number of carboxylic acid groups (broad SMARTS) is 1. The topological polar surface area (TPSA) is 82.1 Å². The highest BCUT2D eigenvalue weighted by Gasteiger charge is 2.61. The molecule has 2 N–H and O–H groups in total. The molecule has 1 amide bonds. The molecule has 260 valence electrons. The molecule has 0 spiro atoms. The van der Waals surface area contributed by atoms with E-state index in [1.54, 1.807) is 24.3 Å². The molecule has 0 saturated carbocycles. The van der Waals surface area contributed by atoms with Crippen molar-refractivity contribution in [3.63, 3.8) is 0 Å². The van der Waals surface area contributed by atoms with Crippen molar-refractivity contribution in [2.24, 2.45) is 5.41 Å². The van der Waals surface area contributed by atoms with Gasteiger partial charge in [-0.15, -0.1) is 0 Å². The molecule has 48 heavy (non-hydrogen) atoms. The molecule has 0 unspecified atom stereocenters. The second kappa shape index (κ2) is 14.7. The van der Waals surface area contributed by atoms with Crippen molar-refractivity contribution < 1.29 is 45.8 Å². The number of likely N-dealkylation sites (tertiary alicyclic amines) is 2. The Morgan fingerprint density at radius 1 is 0.812 bits per heavy atom. The molecule has 0 bridgehead atoms. The van der Waals surface area contributed by atoms with Crippen LogP contribution in [0.2, 0.25) is 0 Å². The molecular weight excluding hydrogens is 640 g/mol. The second-order valence-electron chi connectivity index (χ2n) is 12.6. The minimum Gasteiger partial charge on any atom is -0.492 e. The van der Waals surface area contributed by atoms with Crippen LogP contribution >= 0.6 is 0 Å². The summed E-state index contributed by atoms with van der Waals surface area (Å²) in [5.41, 5.74) is -0.870. The first-order valence-corrected chi connectivity index (χ1v) is 16.1. The number of rotatable bonds is 11.